The first-order valence-electron chi connectivity index (χ1n) is 7.19. The van der Waals surface area contributed by atoms with Gasteiger partial charge in [-0.05, 0) is 50.3 Å². The molecule has 23 heavy (non-hydrogen) atoms. The van der Waals surface area contributed by atoms with Gasteiger partial charge in [0.2, 0.25) is 5.91 Å². The van der Waals surface area contributed by atoms with Crippen molar-refractivity contribution in [3.63, 3.8) is 0 Å². The molecule has 0 spiro atoms. The topological polar surface area (TPSA) is 83.4 Å². The van der Waals surface area contributed by atoms with Crippen LogP contribution in [-0.2, 0) is 4.79 Å². The number of furan rings is 1. The third-order valence-corrected chi connectivity index (χ3v) is 3.31. The van der Waals surface area contributed by atoms with Gasteiger partial charge in [-0.3, -0.25) is 9.59 Å². The van der Waals surface area contributed by atoms with Gasteiger partial charge in [-0.15, -0.1) is 0 Å². The quantitative estimate of drug-likeness (QED) is 0.679. The molecule has 2 amide bonds. The molecule has 0 unspecified atom stereocenters. The van der Waals surface area contributed by atoms with Crippen LogP contribution in [0.15, 0.2) is 41.0 Å². The number of nitrogens with one attached hydrogen (secondary N) is 3. The maximum Gasteiger partial charge on any atom is 0.291 e. The summed E-state index contributed by atoms with van der Waals surface area (Å²) in [4.78, 5) is 24.0. The van der Waals surface area contributed by atoms with E-state index in [4.69, 9.17) is 16.0 Å². The van der Waals surface area contributed by atoms with Crippen molar-refractivity contribution in [3.8, 4) is 0 Å². The van der Waals surface area contributed by atoms with Crippen LogP contribution in [0.4, 0.5) is 11.4 Å². The molecule has 0 aliphatic heterocycles. The van der Waals surface area contributed by atoms with Crippen molar-refractivity contribution >= 4 is 34.8 Å². The number of carbonyl (C=O) groups excluding carboxylic acids is 2. The van der Waals surface area contributed by atoms with Crippen molar-refractivity contribution in [2.24, 2.45) is 0 Å². The molecule has 0 aliphatic rings. The zero-order chi connectivity index (χ0) is 16.7. The van der Waals surface area contributed by atoms with E-state index >= 15 is 0 Å². The summed E-state index contributed by atoms with van der Waals surface area (Å²) in [7, 11) is 1.83. The number of rotatable bonds is 7. The van der Waals surface area contributed by atoms with Crippen LogP contribution >= 0.6 is 11.6 Å². The molecule has 1 aromatic heterocycles. The van der Waals surface area contributed by atoms with Gasteiger partial charge in [-0.25, -0.2) is 0 Å². The molecule has 0 fully saturated rings. The van der Waals surface area contributed by atoms with Crippen LogP contribution in [0, 0.1) is 0 Å². The van der Waals surface area contributed by atoms with Crippen LogP contribution in [0.5, 0.6) is 0 Å². The number of carbonyl (C=O) groups is 2. The number of amides is 2. The van der Waals surface area contributed by atoms with Crippen LogP contribution in [-0.4, -0.2) is 25.4 Å². The zero-order valence-electron chi connectivity index (χ0n) is 12.7. The average molecular weight is 336 g/mol. The van der Waals surface area contributed by atoms with Crippen LogP contribution in [0.1, 0.15) is 23.4 Å². The Labute approximate surface area is 139 Å². The van der Waals surface area contributed by atoms with E-state index in [2.05, 4.69) is 16.0 Å². The van der Waals surface area contributed by atoms with Gasteiger partial charge in [0.15, 0.2) is 5.76 Å². The Morgan fingerprint density at radius 3 is 2.70 bits per heavy atom. The third-order valence-electron chi connectivity index (χ3n) is 3.08. The van der Waals surface area contributed by atoms with Gasteiger partial charge in [0.25, 0.3) is 5.91 Å². The molecule has 0 atom stereocenters. The van der Waals surface area contributed by atoms with E-state index in [1.165, 1.54) is 6.26 Å². The molecule has 2 aromatic rings. The molecule has 0 saturated heterocycles. The number of anilines is 2. The Kier molecular flexibility index (Phi) is 6.19. The molecule has 122 valence electrons. The van der Waals surface area contributed by atoms with Crippen molar-refractivity contribution < 1.29 is 14.0 Å². The maximum absolute atomic E-state index is 12.1. The van der Waals surface area contributed by atoms with E-state index in [1.54, 1.807) is 30.3 Å². The zero-order valence-corrected chi connectivity index (χ0v) is 13.4. The van der Waals surface area contributed by atoms with Crippen LogP contribution in [0.25, 0.3) is 0 Å². The predicted octanol–water partition coefficient (Wildman–Crippen LogP) is 3.12. The average Bonchev–Trinajstić information content (AvgIpc) is 3.05. The first-order chi connectivity index (χ1) is 11.1. The highest BCUT2D eigenvalue weighted by molar-refractivity contribution is 6.31. The molecule has 2 rings (SSSR count). The SMILES string of the molecule is CNCCCC(=O)Nc1ccc(Cl)cc1NC(=O)c1ccco1. The Hall–Kier alpha value is -2.31. The fourth-order valence-electron chi connectivity index (χ4n) is 1.96. The monoisotopic (exact) mass is 335 g/mol. The second-order valence-electron chi connectivity index (χ2n) is 4.88. The molecule has 0 saturated carbocycles. The predicted molar refractivity (Wildman–Crippen MR) is 89.9 cm³/mol. The Balaban J connectivity index is 2.08. The number of halogens is 1. The van der Waals surface area contributed by atoms with Crippen LogP contribution in [0.3, 0.4) is 0 Å². The first-order valence-corrected chi connectivity index (χ1v) is 7.57. The standard InChI is InChI=1S/C16H18ClN3O3/c1-18-8-2-5-15(21)19-12-7-6-11(17)10-13(12)20-16(22)14-4-3-9-23-14/h3-4,6-7,9-10,18H,2,5,8H2,1H3,(H,19,21)(H,20,22). The summed E-state index contributed by atoms with van der Waals surface area (Å²) in [6.07, 6.45) is 2.52. The van der Waals surface area contributed by atoms with Crippen LogP contribution in [0.2, 0.25) is 5.02 Å². The Bertz CT molecular complexity index is 671. The Morgan fingerprint density at radius 1 is 1.17 bits per heavy atom. The minimum atomic E-state index is -0.414. The molecular formula is C16H18ClN3O3. The lowest BCUT2D eigenvalue weighted by Gasteiger charge is -2.12. The van der Waals surface area contributed by atoms with Crippen LogP contribution < -0.4 is 16.0 Å². The Morgan fingerprint density at radius 2 is 2.00 bits per heavy atom. The smallest absolute Gasteiger partial charge is 0.291 e. The van der Waals surface area contributed by atoms with E-state index in [0.717, 1.165) is 13.0 Å². The summed E-state index contributed by atoms with van der Waals surface area (Å²) in [6.45, 7) is 0.760. The van der Waals surface area contributed by atoms with Crippen molar-refractivity contribution in [2.45, 2.75) is 12.8 Å². The van der Waals surface area contributed by atoms with E-state index in [0.29, 0.717) is 22.8 Å². The van der Waals surface area contributed by atoms with Gasteiger partial charge in [0.1, 0.15) is 0 Å². The lowest BCUT2D eigenvalue weighted by Crippen LogP contribution is -2.17. The van der Waals surface area contributed by atoms with E-state index in [1.807, 2.05) is 7.05 Å². The number of hydrogen-bond acceptors (Lipinski definition) is 4. The summed E-state index contributed by atoms with van der Waals surface area (Å²) in [5, 5.41) is 8.89. The fraction of sp³-hybridized carbons (Fsp3) is 0.250. The first kappa shape index (κ1) is 17.1. The summed E-state index contributed by atoms with van der Waals surface area (Å²) < 4.78 is 5.04. The molecule has 3 N–H and O–H groups in total. The maximum atomic E-state index is 12.1. The molecule has 6 nitrogen and oxygen atoms in total. The summed E-state index contributed by atoms with van der Waals surface area (Å²) in [5.74, 6) is -0.365. The van der Waals surface area contributed by atoms with Gasteiger partial charge in [0.05, 0.1) is 17.6 Å². The van der Waals surface area contributed by atoms with Crippen molar-refractivity contribution in [2.75, 3.05) is 24.2 Å². The van der Waals surface area contributed by atoms with E-state index < -0.39 is 5.91 Å². The van der Waals surface area contributed by atoms with Crippen molar-refractivity contribution in [1.29, 1.82) is 0 Å². The molecular weight excluding hydrogens is 318 g/mol. The van der Waals surface area contributed by atoms with Crippen molar-refractivity contribution in [1.82, 2.24) is 5.32 Å². The summed E-state index contributed by atoms with van der Waals surface area (Å²) in [6, 6.07) is 8.04. The molecule has 0 radical (unpaired) electrons. The number of hydrogen-bond donors (Lipinski definition) is 3. The second kappa shape index (κ2) is 8.36. The summed E-state index contributed by atoms with van der Waals surface area (Å²) >= 11 is 5.97. The lowest BCUT2D eigenvalue weighted by atomic mass is 10.2. The van der Waals surface area contributed by atoms with Crippen molar-refractivity contribution in [3.05, 3.63) is 47.4 Å². The normalized spacial score (nSPS) is 10.3. The fourth-order valence-corrected chi connectivity index (χ4v) is 2.13. The second-order valence-corrected chi connectivity index (χ2v) is 5.31. The molecule has 0 bridgehead atoms. The minimum Gasteiger partial charge on any atom is -0.459 e. The van der Waals surface area contributed by atoms with Gasteiger partial charge in [-0.2, -0.15) is 0 Å². The minimum absolute atomic E-state index is 0.129. The van der Waals surface area contributed by atoms with Gasteiger partial charge in [0, 0.05) is 11.4 Å². The van der Waals surface area contributed by atoms with Gasteiger partial charge < -0.3 is 20.4 Å². The highest BCUT2D eigenvalue weighted by Crippen LogP contribution is 2.26. The molecule has 0 aliphatic carbocycles. The number of benzene rings is 1. The van der Waals surface area contributed by atoms with E-state index in [9.17, 15) is 9.59 Å². The van der Waals surface area contributed by atoms with Gasteiger partial charge in [-0.1, -0.05) is 11.6 Å². The molecule has 1 aromatic carbocycles. The third kappa shape index (κ3) is 5.12. The summed E-state index contributed by atoms with van der Waals surface area (Å²) in [5.41, 5.74) is 0.907. The lowest BCUT2D eigenvalue weighted by molar-refractivity contribution is -0.116. The molecule has 1 heterocycles. The van der Waals surface area contributed by atoms with Gasteiger partial charge >= 0.3 is 0 Å². The highest BCUT2D eigenvalue weighted by atomic mass is 35.5. The van der Waals surface area contributed by atoms with E-state index in [-0.39, 0.29) is 11.7 Å². The molecule has 7 heteroatoms. The largest absolute Gasteiger partial charge is 0.459 e. The highest BCUT2D eigenvalue weighted by Gasteiger charge is 2.13.